The molecule has 0 saturated carbocycles. The van der Waals surface area contributed by atoms with E-state index in [1.165, 1.54) is 29.2 Å². The molecule has 25 heavy (non-hydrogen) atoms. The predicted octanol–water partition coefficient (Wildman–Crippen LogP) is 4.47. The normalized spacial score (nSPS) is 11.7. The molecule has 2 rings (SSSR count). The van der Waals surface area contributed by atoms with Crippen LogP contribution in [-0.2, 0) is 17.4 Å². The molecule has 0 fully saturated rings. The third kappa shape index (κ3) is 5.60. The third-order valence-electron chi connectivity index (χ3n) is 3.52. The van der Waals surface area contributed by atoms with Gasteiger partial charge in [-0.05, 0) is 35.9 Å². The molecule has 1 aromatic carbocycles. The summed E-state index contributed by atoms with van der Waals surface area (Å²) in [5, 5.41) is -0.372. The third-order valence-corrected chi connectivity index (χ3v) is 3.85. The topological polar surface area (TPSA) is 33.2 Å². The minimum absolute atomic E-state index is 0.253. The zero-order valence-corrected chi connectivity index (χ0v) is 14.2. The second-order valence-corrected chi connectivity index (χ2v) is 5.81. The number of amides is 1. The first kappa shape index (κ1) is 19.0. The number of benzene rings is 1. The van der Waals surface area contributed by atoms with Crippen molar-refractivity contribution in [3.05, 3.63) is 70.5 Å². The van der Waals surface area contributed by atoms with Gasteiger partial charge in [0.05, 0.1) is 10.6 Å². The summed E-state index contributed by atoms with van der Waals surface area (Å²) in [6.45, 7) is 0.453. The molecule has 0 spiro atoms. The van der Waals surface area contributed by atoms with Crippen molar-refractivity contribution in [3.63, 3.8) is 0 Å². The number of likely N-dealkylation sites (N-methyl/N-ethyl adjacent to an activating group) is 1. The smallest absolute Gasteiger partial charge is 0.342 e. The Morgan fingerprint density at radius 2 is 2.04 bits per heavy atom. The van der Waals surface area contributed by atoms with Gasteiger partial charge in [0.25, 0.3) is 0 Å². The van der Waals surface area contributed by atoms with Crippen molar-refractivity contribution in [2.45, 2.75) is 12.6 Å². The summed E-state index contributed by atoms with van der Waals surface area (Å²) in [7, 11) is 1.62. The molecule has 0 aliphatic heterocycles. The molecule has 1 aromatic heterocycles. The number of hydrogen-bond donors (Lipinski definition) is 0. The van der Waals surface area contributed by atoms with Crippen molar-refractivity contribution in [2.75, 3.05) is 13.6 Å². The van der Waals surface area contributed by atoms with Crippen LogP contribution in [0.2, 0.25) is 5.02 Å². The zero-order valence-electron chi connectivity index (χ0n) is 13.4. The largest absolute Gasteiger partial charge is 0.417 e. The first-order valence-corrected chi connectivity index (χ1v) is 7.85. The average Bonchev–Trinajstić information content (AvgIpc) is 2.58. The molecule has 0 saturated heterocycles. The predicted molar refractivity (Wildman–Crippen MR) is 91.1 cm³/mol. The van der Waals surface area contributed by atoms with Crippen LogP contribution in [0.1, 0.15) is 16.8 Å². The van der Waals surface area contributed by atoms with Crippen molar-refractivity contribution in [2.24, 2.45) is 0 Å². The van der Waals surface area contributed by atoms with Gasteiger partial charge in [-0.1, -0.05) is 23.7 Å². The molecule has 132 valence electrons. The van der Waals surface area contributed by atoms with Crippen LogP contribution < -0.4 is 0 Å². The lowest BCUT2D eigenvalue weighted by Crippen LogP contribution is -2.27. The van der Waals surface area contributed by atoms with E-state index in [1.54, 1.807) is 13.2 Å². The highest BCUT2D eigenvalue weighted by molar-refractivity contribution is 6.31. The van der Waals surface area contributed by atoms with E-state index in [0.717, 1.165) is 11.8 Å². The summed E-state index contributed by atoms with van der Waals surface area (Å²) in [6, 6.07) is 9.04. The van der Waals surface area contributed by atoms with Crippen LogP contribution in [0, 0.1) is 0 Å². The molecular weight excluding hydrogens is 353 g/mol. The Kier molecular flexibility index (Phi) is 6.20. The molecule has 0 N–H and O–H groups in total. The van der Waals surface area contributed by atoms with E-state index in [1.807, 2.05) is 18.2 Å². The standard InChI is InChI=1S/C18H16ClF3N2O/c1-24(11-9-14-4-2-3-10-23-14)17(25)8-6-13-5-7-16(19)15(12-13)18(20,21)22/h2-8,10,12H,9,11H2,1H3. The Balaban J connectivity index is 2.00. The van der Waals surface area contributed by atoms with Crippen molar-refractivity contribution in [1.82, 2.24) is 9.88 Å². The number of pyridine rings is 1. The van der Waals surface area contributed by atoms with Crippen LogP contribution in [0.3, 0.4) is 0 Å². The van der Waals surface area contributed by atoms with Gasteiger partial charge in [-0.25, -0.2) is 0 Å². The van der Waals surface area contributed by atoms with E-state index in [9.17, 15) is 18.0 Å². The highest BCUT2D eigenvalue weighted by Gasteiger charge is 2.33. The summed E-state index contributed by atoms with van der Waals surface area (Å²) >= 11 is 5.57. The molecule has 1 heterocycles. The van der Waals surface area contributed by atoms with Crippen molar-refractivity contribution in [1.29, 1.82) is 0 Å². The fourth-order valence-corrected chi connectivity index (χ4v) is 2.32. The van der Waals surface area contributed by atoms with Gasteiger partial charge >= 0.3 is 6.18 Å². The first-order chi connectivity index (χ1) is 11.8. The summed E-state index contributed by atoms with van der Waals surface area (Å²) < 4.78 is 38.5. The molecule has 7 heteroatoms. The summed E-state index contributed by atoms with van der Waals surface area (Å²) in [5.41, 5.74) is 0.189. The Hall–Kier alpha value is -2.34. The minimum atomic E-state index is -4.54. The van der Waals surface area contributed by atoms with Gasteiger partial charge in [-0.15, -0.1) is 0 Å². The van der Waals surface area contributed by atoms with Gasteiger partial charge in [-0.3, -0.25) is 9.78 Å². The fraction of sp³-hybridized carbons (Fsp3) is 0.222. The van der Waals surface area contributed by atoms with Gasteiger partial charge in [-0.2, -0.15) is 13.2 Å². The number of nitrogens with zero attached hydrogens (tertiary/aromatic N) is 2. The summed E-state index contributed by atoms with van der Waals surface area (Å²) in [5.74, 6) is -0.306. The molecule has 0 unspecified atom stereocenters. The van der Waals surface area contributed by atoms with Gasteiger partial charge in [0.1, 0.15) is 0 Å². The number of rotatable bonds is 5. The molecule has 0 bridgehead atoms. The van der Waals surface area contributed by atoms with Crippen LogP contribution in [0.4, 0.5) is 13.2 Å². The number of hydrogen-bond acceptors (Lipinski definition) is 2. The number of carbonyl (C=O) groups excluding carboxylic acids is 1. The Bertz CT molecular complexity index is 761. The SMILES string of the molecule is CN(CCc1ccccn1)C(=O)C=Cc1ccc(Cl)c(C(F)(F)F)c1. The van der Waals surface area contributed by atoms with E-state index in [4.69, 9.17) is 11.6 Å². The molecule has 0 atom stereocenters. The fourth-order valence-electron chi connectivity index (χ4n) is 2.10. The number of aromatic nitrogens is 1. The van der Waals surface area contributed by atoms with Gasteiger partial charge in [0, 0.05) is 38.0 Å². The van der Waals surface area contributed by atoms with Crippen LogP contribution in [0.15, 0.2) is 48.7 Å². The maximum absolute atomic E-state index is 12.8. The number of alkyl halides is 3. The average molecular weight is 369 g/mol. The molecule has 1 amide bonds. The van der Waals surface area contributed by atoms with Gasteiger partial charge in [0.2, 0.25) is 5.91 Å². The second kappa shape index (κ2) is 8.16. The van der Waals surface area contributed by atoms with E-state index in [-0.39, 0.29) is 16.5 Å². The highest BCUT2D eigenvalue weighted by Crippen LogP contribution is 2.35. The van der Waals surface area contributed by atoms with Crippen LogP contribution in [0.25, 0.3) is 6.08 Å². The highest BCUT2D eigenvalue weighted by atomic mass is 35.5. The van der Waals surface area contributed by atoms with Crippen LogP contribution in [-0.4, -0.2) is 29.4 Å². The Morgan fingerprint density at radius 3 is 2.68 bits per heavy atom. The number of halogens is 4. The molecule has 0 aliphatic carbocycles. The first-order valence-electron chi connectivity index (χ1n) is 7.47. The quantitative estimate of drug-likeness (QED) is 0.730. The van der Waals surface area contributed by atoms with E-state index >= 15 is 0 Å². The Labute approximate surface area is 148 Å². The van der Waals surface area contributed by atoms with Crippen LogP contribution >= 0.6 is 11.6 Å². The molecule has 0 radical (unpaired) electrons. The second-order valence-electron chi connectivity index (χ2n) is 5.40. The lowest BCUT2D eigenvalue weighted by atomic mass is 10.1. The number of carbonyl (C=O) groups is 1. The lowest BCUT2D eigenvalue weighted by Gasteiger charge is -2.14. The zero-order chi connectivity index (χ0) is 18.4. The minimum Gasteiger partial charge on any atom is -0.342 e. The summed E-state index contributed by atoms with van der Waals surface area (Å²) in [6.07, 6.45) is 0.309. The molecule has 0 aliphatic rings. The van der Waals surface area contributed by atoms with E-state index in [0.29, 0.717) is 13.0 Å². The van der Waals surface area contributed by atoms with Crippen LogP contribution in [0.5, 0.6) is 0 Å². The van der Waals surface area contributed by atoms with Crippen molar-refractivity contribution >= 4 is 23.6 Å². The molecular formula is C18H16ClF3N2O. The maximum atomic E-state index is 12.8. The van der Waals surface area contributed by atoms with Crippen molar-refractivity contribution in [3.8, 4) is 0 Å². The van der Waals surface area contributed by atoms with E-state index in [2.05, 4.69) is 4.98 Å². The van der Waals surface area contributed by atoms with Gasteiger partial charge in [0.15, 0.2) is 0 Å². The van der Waals surface area contributed by atoms with Crippen molar-refractivity contribution < 1.29 is 18.0 Å². The Morgan fingerprint density at radius 1 is 1.28 bits per heavy atom. The molecule has 2 aromatic rings. The van der Waals surface area contributed by atoms with Gasteiger partial charge < -0.3 is 4.90 Å². The van der Waals surface area contributed by atoms with E-state index < -0.39 is 11.7 Å². The molecule has 3 nitrogen and oxygen atoms in total. The maximum Gasteiger partial charge on any atom is 0.417 e. The lowest BCUT2D eigenvalue weighted by molar-refractivity contribution is -0.137. The monoisotopic (exact) mass is 368 g/mol. The summed E-state index contributed by atoms with van der Waals surface area (Å²) in [4.78, 5) is 17.7.